The molecule has 29 heavy (non-hydrogen) atoms. The summed E-state index contributed by atoms with van der Waals surface area (Å²) in [6.07, 6.45) is 0. The maximum absolute atomic E-state index is 9.93. The van der Waals surface area contributed by atoms with E-state index in [1.54, 1.807) is 0 Å². The molecular formula is C24H18N4O. The van der Waals surface area contributed by atoms with Crippen LogP contribution in [0.5, 0.6) is 5.88 Å². The summed E-state index contributed by atoms with van der Waals surface area (Å²) >= 11 is 0. The predicted octanol–water partition coefficient (Wildman–Crippen LogP) is 4.76. The van der Waals surface area contributed by atoms with Gasteiger partial charge in [-0.25, -0.2) is 0 Å². The quantitative estimate of drug-likeness (QED) is 0.526. The van der Waals surface area contributed by atoms with E-state index in [9.17, 15) is 5.26 Å². The van der Waals surface area contributed by atoms with Gasteiger partial charge >= 0.3 is 0 Å². The van der Waals surface area contributed by atoms with Gasteiger partial charge in [-0.2, -0.15) is 5.26 Å². The molecule has 0 spiro atoms. The first kappa shape index (κ1) is 17.1. The number of aromatic amines is 1. The van der Waals surface area contributed by atoms with E-state index in [1.807, 2.05) is 43.3 Å². The van der Waals surface area contributed by atoms with Gasteiger partial charge in [0, 0.05) is 5.56 Å². The Kier molecular flexibility index (Phi) is 3.85. The largest absolute Gasteiger partial charge is 0.420 e. The van der Waals surface area contributed by atoms with Crippen LogP contribution in [0, 0.1) is 18.3 Å². The molecule has 5 rings (SSSR count). The van der Waals surface area contributed by atoms with E-state index in [-0.39, 0.29) is 11.8 Å². The van der Waals surface area contributed by atoms with Gasteiger partial charge < -0.3 is 10.5 Å². The highest BCUT2D eigenvalue weighted by Gasteiger charge is 2.36. The van der Waals surface area contributed by atoms with E-state index in [0.717, 1.165) is 33.2 Å². The minimum atomic E-state index is -0.370. The van der Waals surface area contributed by atoms with Crippen molar-refractivity contribution in [3.05, 3.63) is 94.9 Å². The molecule has 0 radical (unpaired) electrons. The predicted molar refractivity (Wildman–Crippen MR) is 112 cm³/mol. The highest BCUT2D eigenvalue weighted by atomic mass is 16.5. The molecule has 0 saturated carbocycles. The van der Waals surface area contributed by atoms with Crippen LogP contribution in [-0.2, 0) is 0 Å². The molecule has 3 aromatic carbocycles. The third-order valence-corrected chi connectivity index (χ3v) is 5.41. The number of H-pyrrole nitrogens is 1. The van der Waals surface area contributed by atoms with E-state index in [1.165, 1.54) is 5.56 Å². The number of nitrogens with two attached hydrogens (primary N) is 1. The summed E-state index contributed by atoms with van der Waals surface area (Å²) in [4.78, 5) is 0. The zero-order valence-electron chi connectivity index (χ0n) is 15.8. The van der Waals surface area contributed by atoms with E-state index in [0.29, 0.717) is 11.5 Å². The molecule has 5 heteroatoms. The van der Waals surface area contributed by atoms with Gasteiger partial charge in [-0.3, -0.25) is 5.10 Å². The average Bonchev–Trinajstić information content (AvgIpc) is 3.16. The summed E-state index contributed by atoms with van der Waals surface area (Å²) in [6.45, 7) is 2.05. The number of nitriles is 1. The van der Waals surface area contributed by atoms with Crippen molar-refractivity contribution in [1.82, 2.24) is 10.2 Å². The van der Waals surface area contributed by atoms with Crippen molar-refractivity contribution in [3.8, 4) is 23.2 Å². The Morgan fingerprint density at radius 1 is 1.03 bits per heavy atom. The molecule has 0 saturated heterocycles. The van der Waals surface area contributed by atoms with E-state index in [4.69, 9.17) is 10.5 Å². The summed E-state index contributed by atoms with van der Waals surface area (Å²) in [5, 5.41) is 19.6. The molecule has 4 aromatic rings. The van der Waals surface area contributed by atoms with E-state index in [2.05, 4.69) is 46.6 Å². The Bertz CT molecular complexity index is 1300. The minimum absolute atomic E-state index is 0.0971. The van der Waals surface area contributed by atoms with Crippen LogP contribution in [-0.4, -0.2) is 10.2 Å². The fraction of sp³-hybridized carbons (Fsp3) is 0.0833. The number of benzene rings is 3. The third kappa shape index (κ3) is 2.66. The first-order chi connectivity index (χ1) is 14.2. The second-order valence-corrected chi connectivity index (χ2v) is 7.18. The minimum Gasteiger partial charge on any atom is -0.420 e. The number of nitrogens with one attached hydrogen (secondary N) is 1. The van der Waals surface area contributed by atoms with Gasteiger partial charge in [0.2, 0.25) is 11.8 Å². The zero-order chi connectivity index (χ0) is 20.0. The van der Waals surface area contributed by atoms with Gasteiger partial charge in [0.05, 0.1) is 17.2 Å². The number of hydrogen-bond acceptors (Lipinski definition) is 4. The maximum atomic E-state index is 9.93. The lowest BCUT2D eigenvalue weighted by Crippen LogP contribution is -2.21. The molecule has 1 aromatic heterocycles. The van der Waals surface area contributed by atoms with E-state index >= 15 is 0 Å². The summed E-state index contributed by atoms with van der Waals surface area (Å²) in [5.74, 6) is 0.139. The standard InChI is InChI=1S/C24H18N4O/c1-14-9-11-16(12-10-14)22-21-20(19(13-25)23(26)29-24(21)28-27-22)18-8-4-6-15-5-2-3-7-17(15)18/h2-12,20H,26H2,1H3,(H,27,28). The number of fused-ring (bicyclic) bond motifs is 2. The number of aromatic nitrogens is 2. The Morgan fingerprint density at radius 3 is 2.59 bits per heavy atom. The van der Waals surface area contributed by atoms with Gasteiger partial charge in [0.1, 0.15) is 11.6 Å². The molecule has 0 aliphatic carbocycles. The van der Waals surface area contributed by atoms with Crippen LogP contribution in [0.2, 0.25) is 0 Å². The topological polar surface area (TPSA) is 87.7 Å². The molecule has 0 amide bonds. The molecule has 1 unspecified atom stereocenters. The number of ether oxygens (including phenoxy) is 1. The third-order valence-electron chi connectivity index (χ3n) is 5.41. The fourth-order valence-corrected chi connectivity index (χ4v) is 4.00. The Morgan fingerprint density at radius 2 is 1.79 bits per heavy atom. The second-order valence-electron chi connectivity index (χ2n) is 7.18. The Labute approximate surface area is 168 Å². The highest BCUT2D eigenvalue weighted by molar-refractivity contribution is 5.88. The molecule has 3 N–H and O–H groups in total. The van der Waals surface area contributed by atoms with Gasteiger partial charge in [-0.15, -0.1) is 5.10 Å². The molecule has 1 aliphatic rings. The lowest BCUT2D eigenvalue weighted by Gasteiger charge is -2.25. The first-order valence-corrected chi connectivity index (χ1v) is 9.38. The van der Waals surface area contributed by atoms with Crippen molar-refractivity contribution in [3.63, 3.8) is 0 Å². The normalized spacial score (nSPS) is 15.7. The zero-order valence-corrected chi connectivity index (χ0v) is 15.8. The van der Waals surface area contributed by atoms with Crippen molar-refractivity contribution in [2.75, 3.05) is 0 Å². The van der Waals surface area contributed by atoms with Crippen LogP contribution < -0.4 is 10.5 Å². The smallest absolute Gasteiger partial charge is 0.244 e. The second kappa shape index (κ2) is 6.54. The average molecular weight is 378 g/mol. The van der Waals surface area contributed by atoms with Crippen LogP contribution in [0.1, 0.15) is 22.6 Å². The van der Waals surface area contributed by atoms with E-state index < -0.39 is 0 Å². The fourth-order valence-electron chi connectivity index (χ4n) is 4.00. The van der Waals surface area contributed by atoms with Gasteiger partial charge in [0.15, 0.2) is 0 Å². The molecular weight excluding hydrogens is 360 g/mol. The number of aryl methyl sites for hydroxylation is 1. The van der Waals surface area contributed by atoms with Crippen LogP contribution in [0.25, 0.3) is 22.0 Å². The molecule has 2 heterocycles. The number of rotatable bonds is 2. The monoisotopic (exact) mass is 378 g/mol. The number of allylic oxidation sites excluding steroid dienone is 1. The molecule has 1 aliphatic heterocycles. The van der Waals surface area contributed by atoms with Gasteiger partial charge in [-0.1, -0.05) is 72.3 Å². The summed E-state index contributed by atoms with van der Waals surface area (Å²) in [5.41, 5.74) is 11.3. The van der Waals surface area contributed by atoms with Crippen molar-refractivity contribution in [2.24, 2.45) is 5.73 Å². The Balaban J connectivity index is 1.80. The molecule has 0 fully saturated rings. The lowest BCUT2D eigenvalue weighted by atomic mass is 9.81. The SMILES string of the molecule is Cc1ccc(-c2[nH]nc3c2C(c2cccc4ccccc24)C(C#N)=C(N)O3)cc1. The lowest BCUT2D eigenvalue weighted by molar-refractivity contribution is 0.379. The van der Waals surface area contributed by atoms with Crippen LogP contribution in [0.4, 0.5) is 0 Å². The van der Waals surface area contributed by atoms with Crippen LogP contribution >= 0.6 is 0 Å². The van der Waals surface area contributed by atoms with Crippen molar-refractivity contribution in [2.45, 2.75) is 12.8 Å². The summed E-state index contributed by atoms with van der Waals surface area (Å²) < 4.78 is 5.72. The number of hydrogen-bond donors (Lipinski definition) is 2. The highest BCUT2D eigenvalue weighted by Crippen LogP contribution is 2.47. The Hall–Kier alpha value is -4.04. The molecule has 0 bridgehead atoms. The van der Waals surface area contributed by atoms with Crippen LogP contribution in [0.3, 0.4) is 0 Å². The summed E-state index contributed by atoms with van der Waals surface area (Å²) in [6, 6.07) is 24.7. The number of nitrogens with zero attached hydrogens (tertiary/aromatic N) is 2. The van der Waals surface area contributed by atoms with Gasteiger partial charge in [-0.05, 0) is 23.3 Å². The first-order valence-electron chi connectivity index (χ1n) is 9.38. The van der Waals surface area contributed by atoms with Crippen molar-refractivity contribution >= 4 is 10.8 Å². The summed E-state index contributed by atoms with van der Waals surface area (Å²) in [7, 11) is 0. The van der Waals surface area contributed by atoms with Crippen molar-refractivity contribution < 1.29 is 4.74 Å². The molecule has 140 valence electrons. The van der Waals surface area contributed by atoms with Gasteiger partial charge in [0.25, 0.3) is 0 Å². The van der Waals surface area contributed by atoms with Crippen LogP contribution in [0.15, 0.2) is 78.2 Å². The van der Waals surface area contributed by atoms with Crippen molar-refractivity contribution in [1.29, 1.82) is 5.26 Å². The molecule has 5 nitrogen and oxygen atoms in total. The maximum Gasteiger partial charge on any atom is 0.244 e. The molecule has 1 atom stereocenters.